The Balaban J connectivity index is 1.45. The molecule has 1 N–H and O–H groups in total. The summed E-state index contributed by atoms with van der Waals surface area (Å²) in [6, 6.07) is 11.3. The number of aromatic nitrogens is 2. The van der Waals surface area contributed by atoms with Crippen LogP contribution in [0.3, 0.4) is 0 Å². The molecule has 27 heavy (non-hydrogen) atoms. The summed E-state index contributed by atoms with van der Waals surface area (Å²) in [5, 5.41) is 6.54. The summed E-state index contributed by atoms with van der Waals surface area (Å²) in [5.41, 5.74) is 1.41. The van der Waals surface area contributed by atoms with Gasteiger partial charge in [0.05, 0.1) is 0 Å². The molecule has 1 aromatic heterocycles. The average Bonchev–Trinajstić information content (AvgIpc) is 3.10. The highest BCUT2D eigenvalue weighted by atomic mass is 16.5. The third-order valence-electron chi connectivity index (χ3n) is 5.60. The van der Waals surface area contributed by atoms with Gasteiger partial charge >= 0.3 is 11.8 Å². The lowest BCUT2D eigenvalue weighted by Gasteiger charge is -2.37. The Morgan fingerprint density at radius 1 is 1.22 bits per heavy atom. The van der Waals surface area contributed by atoms with Gasteiger partial charge in [-0.3, -0.25) is 4.79 Å². The van der Waals surface area contributed by atoms with Crippen LogP contribution in [0.4, 0.5) is 0 Å². The molecule has 1 heterocycles. The van der Waals surface area contributed by atoms with Crippen LogP contribution in [0.25, 0.3) is 0 Å². The Kier molecular flexibility index (Phi) is 6.61. The molecule has 1 fully saturated rings. The molecule has 0 spiro atoms. The lowest BCUT2D eigenvalue weighted by molar-refractivity contribution is 0.0903. The quantitative estimate of drug-likeness (QED) is 0.806. The summed E-state index contributed by atoms with van der Waals surface area (Å²) in [6.07, 6.45) is 5.91. The number of carbonyl (C=O) groups is 1. The van der Waals surface area contributed by atoms with Crippen molar-refractivity contribution in [2.75, 3.05) is 20.6 Å². The number of rotatable bonds is 7. The molecule has 6 nitrogen and oxygen atoms in total. The van der Waals surface area contributed by atoms with Crippen molar-refractivity contribution in [3.8, 4) is 0 Å². The molecule has 3 rings (SSSR count). The van der Waals surface area contributed by atoms with Gasteiger partial charge in [0.2, 0.25) is 0 Å². The Hall–Kier alpha value is -2.21. The fraction of sp³-hybridized carbons (Fsp3) is 0.571. The number of hydrogen-bond acceptors (Lipinski definition) is 5. The number of carbonyl (C=O) groups excluding carboxylic acids is 1. The van der Waals surface area contributed by atoms with Gasteiger partial charge in [-0.05, 0) is 57.7 Å². The van der Waals surface area contributed by atoms with E-state index in [1.807, 2.05) is 0 Å². The number of hydrogen-bond donors (Lipinski definition) is 1. The minimum Gasteiger partial charge on any atom is -0.348 e. The molecule has 2 aromatic rings. The maximum atomic E-state index is 12.0. The molecular formula is C21H30N4O2. The van der Waals surface area contributed by atoms with Crippen molar-refractivity contribution in [1.29, 1.82) is 0 Å². The summed E-state index contributed by atoms with van der Waals surface area (Å²) >= 11 is 0. The second-order valence-corrected chi connectivity index (χ2v) is 7.79. The van der Waals surface area contributed by atoms with Gasteiger partial charge in [-0.2, -0.15) is 4.98 Å². The fourth-order valence-corrected chi connectivity index (χ4v) is 4.29. The third kappa shape index (κ3) is 5.16. The Morgan fingerprint density at radius 3 is 2.52 bits per heavy atom. The maximum absolute atomic E-state index is 12.0. The first-order chi connectivity index (χ1) is 13.0. The van der Waals surface area contributed by atoms with Crippen LogP contribution in [0.15, 0.2) is 34.9 Å². The second kappa shape index (κ2) is 9.13. The summed E-state index contributed by atoms with van der Waals surface area (Å²) < 4.78 is 4.90. The van der Waals surface area contributed by atoms with Crippen LogP contribution in [0.5, 0.6) is 0 Å². The standard InChI is InChI=1S/C21H30N4O2/c1-15-23-21(27-24-15)20(26)22-14-13-16-9-11-18(12-10-16)19(25(2)3)17-7-5-4-6-8-17/h4-8,16,18-19H,9-14H2,1-3H3,(H,22,26). The zero-order valence-electron chi connectivity index (χ0n) is 16.5. The molecule has 1 saturated carbocycles. The van der Waals surface area contributed by atoms with Crippen LogP contribution < -0.4 is 5.32 Å². The van der Waals surface area contributed by atoms with E-state index in [0.717, 1.165) is 6.42 Å². The van der Waals surface area contributed by atoms with Crippen LogP contribution in [0.1, 0.15) is 60.2 Å². The molecule has 1 aromatic carbocycles. The van der Waals surface area contributed by atoms with Crippen LogP contribution in [0, 0.1) is 18.8 Å². The third-order valence-corrected chi connectivity index (χ3v) is 5.60. The Morgan fingerprint density at radius 2 is 1.93 bits per heavy atom. The lowest BCUT2D eigenvalue weighted by atomic mass is 9.75. The molecule has 1 aliphatic rings. The van der Waals surface area contributed by atoms with Gasteiger partial charge in [-0.25, -0.2) is 0 Å². The van der Waals surface area contributed by atoms with Crippen LogP contribution >= 0.6 is 0 Å². The van der Waals surface area contributed by atoms with E-state index in [-0.39, 0.29) is 11.8 Å². The summed E-state index contributed by atoms with van der Waals surface area (Å²) in [4.78, 5) is 18.3. The fourth-order valence-electron chi connectivity index (χ4n) is 4.29. The van der Waals surface area contributed by atoms with Gasteiger partial charge in [-0.1, -0.05) is 48.3 Å². The number of nitrogens with zero attached hydrogens (tertiary/aromatic N) is 3. The number of benzene rings is 1. The molecule has 146 valence electrons. The summed E-state index contributed by atoms with van der Waals surface area (Å²) in [5.74, 6) is 1.61. The minimum atomic E-state index is -0.277. The van der Waals surface area contributed by atoms with E-state index in [0.29, 0.717) is 30.2 Å². The average molecular weight is 370 g/mol. The smallest absolute Gasteiger partial charge is 0.315 e. The zero-order valence-corrected chi connectivity index (χ0v) is 16.5. The molecule has 0 radical (unpaired) electrons. The predicted octanol–water partition coefficient (Wildman–Crippen LogP) is 3.61. The van der Waals surface area contributed by atoms with Crippen LogP contribution in [-0.2, 0) is 0 Å². The van der Waals surface area contributed by atoms with Crippen molar-refractivity contribution in [1.82, 2.24) is 20.4 Å². The van der Waals surface area contributed by atoms with E-state index in [1.54, 1.807) is 6.92 Å². The highest BCUT2D eigenvalue weighted by molar-refractivity contribution is 5.89. The largest absolute Gasteiger partial charge is 0.348 e. The monoisotopic (exact) mass is 370 g/mol. The van der Waals surface area contributed by atoms with Crippen LogP contribution in [0.2, 0.25) is 0 Å². The van der Waals surface area contributed by atoms with Crippen molar-refractivity contribution in [3.05, 3.63) is 47.6 Å². The molecule has 0 bridgehead atoms. The first-order valence-electron chi connectivity index (χ1n) is 9.84. The Labute approximate surface area is 161 Å². The van der Waals surface area contributed by atoms with E-state index in [9.17, 15) is 4.79 Å². The van der Waals surface area contributed by atoms with Gasteiger partial charge in [0.15, 0.2) is 5.82 Å². The second-order valence-electron chi connectivity index (χ2n) is 7.79. The molecule has 1 atom stereocenters. The van der Waals surface area contributed by atoms with Crippen LogP contribution in [-0.4, -0.2) is 41.6 Å². The van der Waals surface area contributed by atoms with E-state index < -0.39 is 0 Å². The first kappa shape index (κ1) is 19.5. The van der Waals surface area contributed by atoms with Crippen molar-refractivity contribution in [2.24, 2.45) is 11.8 Å². The normalized spacial score (nSPS) is 21.2. The Bertz CT molecular complexity index is 721. The highest BCUT2D eigenvalue weighted by Crippen LogP contribution is 2.39. The molecule has 1 aliphatic carbocycles. The van der Waals surface area contributed by atoms with Gasteiger partial charge in [-0.15, -0.1) is 0 Å². The minimum absolute atomic E-state index is 0.0490. The van der Waals surface area contributed by atoms with E-state index >= 15 is 0 Å². The SMILES string of the molecule is Cc1noc(C(=O)NCCC2CCC(C(c3ccccc3)N(C)C)CC2)n1. The van der Waals surface area contributed by atoms with Crippen molar-refractivity contribution >= 4 is 5.91 Å². The zero-order chi connectivity index (χ0) is 19.2. The van der Waals surface area contributed by atoms with E-state index in [2.05, 4.69) is 64.8 Å². The molecule has 6 heteroatoms. The van der Waals surface area contributed by atoms with Gasteiger partial charge in [0.25, 0.3) is 0 Å². The number of nitrogens with one attached hydrogen (secondary N) is 1. The molecular weight excluding hydrogens is 340 g/mol. The van der Waals surface area contributed by atoms with E-state index in [1.165, 1.54) is 31.2 Å². The van der Waals surface area contributed by atoms with Gasteiger partial charge < -0.3 is 14.7 Å². The predicted molar refractivity (Wildman–Crippen MR) is 104 cm³/mol. The lowest BCUT2D eigenvalue weighted by Crippen LogP contribution is -2.31. The maximum Gasteiger partial charge on any atom is 0.315 e. The summed E-state index contributed by atoms with van der Waals surface area (Å²) in [7, 11) is 4.36. The van der Waals surface area contributed by atoms with Gasteiger partial charge in [0.1, 0.15) is 0 Å². The molecule has 1 amide bonds. The first-order valence-corrected chi connectivity index (χ1v) is 9.84. The van der Waals surface area contributed by atoms with E-state index in [4.69, 9.17) is 4.52 Å². The van der Waals surface area contributed by atoms with Crippen molar-refractivity contribution in [3.63, 3.8) is 0 Å². The number of aryl methyl sites for hydroxylation is 1. The molecule has 0 saturated heterocycles. The summed E-state index contributed by atoms with van der Waals surface area (Å²) in [6.45, 7) is 2.36. The number of amides is 1. The van der Waals surface area contributed by atoms with Crippen molar-refractivity contribution in [2.45, 2.75) is 45.1 Å². The van der Waals surface area contributed by atoms with Crippen molar-refractivity contribution < 1.29 is 9.32 Å². The highest BCUT2D eigenvalue weighted by Gasteiger charge is 2.29. The molecule has 1 unspecified atom stereocenters. The molecule has 0 aliphatic heterocycles. The van der Waals surface area contributed by atoms with Gasteiger partial charge in [0, 0.05) is 12.6 Å². The topological polar surface area (TPSA) is 71.3 Å².